The second kappa shape index (κ2) is 8.21. The Morgan fingerprint density at radius 3 is 2.31 bits per heavy atom. The number of anilines is 1. The van der Waals surface area contributed by atoms with E-state index in [-0.39, 0.29) is 21.7 Å². The molecule has 1 aliphatic heterocycles. The third-order valence-electron chi connectivity index (χ3n) is 5.15. The largest absolute Gasteiger partial charge is 0.550 e. The van der Waals surface area contributed by atoms with Gasteiger partial charge in [-0.05, 0) is 15.9 Å². The molecule has 174 valence electrons. The van der Waals surface area contributed by atoms with Crippen LogP contribution in [0.4, 0.5) is 5.82 Å². The number of hydrogen-bond acceptors (Lipinski definition) is 14. The van der Waals surface area contributed by atoms with Crippen LogP contribution < -0.4 is 21.1 Å². The first-order chi connectivity index (χ1) is 14.8. The van der Waals surface area contributed by atoms with Crippen molar-refractivity contribution >= 4 is 50.8 Å². The number of carbonyl (C=O) groups excluding carboxylic acids is 3. The molecule has 1 saturated heterocycles. The molecular weight excluding hydrogens is 502 g/mol. The number of fused-ring (bicyclic) bond motifs is 1. The molecule has 0 aliphatic carbocycles. The minimum Gasteiger partial charge on any atom is -0.550 e. The number of halogens is 1. The van der Waals surface area contributed by atoms with E-state index in [0.717, 1.165) is 10.9 Å². The van der Waals surface area contributed by atoms with E-state index in [1.807, 2.05) is 0 Å². The van der Waals surface area contributed by atoms with Gasteiger partial charge in [0.05, 0.1) is 6.10 Å². The van der Waals surface area contributed by atoms with Gasteiger partial charge in [-0.1, -0.05) is 0 Å². The average Bonchev–Trinajstić information content (AvgIpc) is 3.06. The number of nitrogens with two attached hydrogens (primary N) is 1. The Bertz CT molecular complexity index is 1090. The summed E-state index contributed by atoms with van der Waals surface area (Å²) in [5.74, 6) is -5.80. The number of aliphatic carboxylic acids is 3. The zero-order chi connectivity index (χ0) is 24.0. The van der Waals surface area contributed by atoms with E-state index in [0.29, 0.717) is 0 Å². The number of carboxylic acids is 3. The first-order valence-electron chi connectivity index (χ1n) is 8.83. The molecule has 2 aromatic rings. The van der Waals surface area contributed by atoms with E-state index in [1.54, 1.807) is 0 Å². The minimum atomic E-state index is -3.07. The Kier molecular flexibility index (Phi) is 6.09. The van der Waals surface area contributed by atoms with Crippen molar-refractivity contribution in [1.29, 1.82) is 0 Å². The van der Waals surface area contributed by atoms with Crippen LogP contribution in [0.3, 0.4) is 0 Å². The number of nitrogen functional groups attached to an aromatic ring is 1. The van der Waals surface area contributed by atoms with Crippen LogP contribution in [0.5, 0.6) is 0 Å². The average molecular weight is 517 g/mol. The minimum absolute atomic E-state index is 0.0269. The van der Waals surface area contributed by atoms with Gasteiger partial charge < -0.3 is 55.5 Å². The summed E-state index contributed by atoms with van der Waals surface area (Å²) in [6, 6.07) is 0. The zero-order valence-electron chi connectivity index (χ0n) is 15.9. The van der Waals surface area contributed by atoms with Crippen LogP contribution in [0.15, 0.2) is 11.1 Å². The fourth-order valence-corrected chi connectivity index (χ4v) is 4.36. The number of carbonyl (C=O) groups is 3. The monoisotopic (exact) mass is 516 g/mol. The maximum absolute atomic E-state index is 11.5. The number of ether oxygens (including phenoxy) is 1. The Balaban J connectivity index is 2.26. The second-order valence-corrected chi connectivity index (χ2v) is 7.89. The van der Waals surface area contributed by atoms with Crippen molar-refractivity contribution in [2.24, 2.45) is 0 Å². The molecule has 2 aromatic heterocycles. The van der Waals surface area contributed by atoms with Gasteiger partial charge in [0.25, 0.3) is 0 Å². The van der Waals surface area contributed by atoms with Crippen molar-refractivity contribution in [3.63, 3.8) is 0 Å². The Morgan fingerprint density at radius 1 is 1.16 bits per heavy atom. The third-order valence-corrected chi connectivity index (χ3v) is 5.71. The van der Waals surface area contributed by atoms with Crippen molar-refractivity contribution in [1.82, 2.24) is 19.5 Å². The lowest BCUT2D eigenvalue weighted by molar-refractivity contribution is -0.321. The Labute approximate surface area is 186 Å². The van der Waals surface area contributed by atoms with Crippen LogP contribution >= 0.6 is 15.9 Å². The molecule has 1 fully saturated rings. The van der Waals surface area contributed by atoms with E-state index in [9.17, 15) is 45.0 Å². The molecule has 32 heavy (non-hydrogen) atoms. The molecule has 0 spiro atoms. The number of aromatic nitrogens is 4. The highest BCUT2D eigenvalue weighted by atomic mass is 79.9. The lowest BCUT2D eigenvalue weighted by Gasteiger charge is -2.42. The first-order valence-corrected chi connectivity index (χ1v) is 9.63. The van der Waals surface area contributed by atoms with Crippen LogP contribution in [-0.2, 0) is 19.1 Å². The SMILES string of the molecule is Nc1ncnc2c1nc(Br)n2[C@@H]1O[C@H](C(O)CC(=O)[O-])[C@](O)(CC(=O)[O-])[C@]1(O)CC(=O)[O-]. The van der Waals surface area contributed by atoms with Crippen molar-refractivity contribution in [2.45, 2.75) is 48.9 Å². The van der Waals surface area contributed by atoms with Gasteiger partial charge in [-0.2, -0.15) is 0 Å². The number of aliphatic hydroxyl groups is 3. The molecule has 0 radical (unpaired) electrons. The zero-order valence-corrected chi connectivity index (χ0v) is 17.5. The summed E-state index contributed by atoms with van der Waals surface area (Å²) in [4.78, 5) is 45.5. The third kappa shape index (κ3) is 3.75. The van der Waals surface area contributed by atoms with Crippen LogP contribution in [0.2, 0.25) is 0 Å². The van der Waals surface area contributed by atoms with Crippen molar-refractivity contribution in [3.8, 4) is 0 Å². The quantitative estimate of drug-likeness (QED) is 0.238. The van der Waals surface area contributed by atoms with Crippen molar-refractivity contribution in [2.75, 3.05) is 5.73 Å². The lowest BCUT2D eigenvalue weighted by Crippen LogP contribution is -2.63. The van der Waals surface area contributed by atoms with E-state index < -0.39 is 66.8 Å². The molecule has 15 nitrogen and oxygen atoms in total. The van der Waals surface area contributed by atoms with E-state index in [1.165, 1.54) is 0 Å². The van der Waals surface area contributed by atoms with E-state index in [4.69, 9.17) is 10.5 Å². The van der Waals surface area contributed by atoms with Crippen LogP contribution in [0, 0.1) is 0 Å². The molecule has 0 saturated carbocycles. The Hall–Kier alpha value is -2.92. The number of carboxylic acid groups (broad SMARTS) is 3. The van der Waals surface area contributed by atoms with Crippen molar-refractivity contribution < 1.29 is 49.8 Å². The fourth-order valence-electron chi connectivity index (χ4n) is 3.83. The number of rotatable bonds is 8. The van der Waals surface area contributed by atoms with Crippen LogP contribution in [-0.4, -0.2) is 76.2 Å². The molecule has 0 bridgehead atoms. The molecule has 0 amide bonds. The van der Waals surface area contributed by atoms with Gasteiger partial charge in [0.1, 0.15) is 23.6 Å². The first kappa shape index (κ1) is 23.7. The summed E-state index contributed by atoms with van der Waals surface area (Å²) in [6.07, 6.45) is -9.21. The predicted octanol–water partition coefficient (Wildman–Crippen LogP) is -5.69. The summed E-state index contributed by atoms with van der Waals surface area (Å²) in [6.45, 7) is 0. The van der Waals surface area contributed by atoms with Crippen LogP contribution in [0.25, 0.3) is 11.2 Å². The normalized spacial score (nSPS) is 28.6. The molecule has 5 N–H and O–H groups in total. The molecule has 0 aromatic carbocycles. The Morgan fingerprint density at radius 2 is 1.75 bits per heavy atom. The number of aliphatic hydroxyl groups excluding tert-OH is 1. The number of nitrogens with zero attached hydrogens (tertiary/aromatic N) is 4. The van der Waals surface area contributed by atoms with Crippen molar-refractivity contribution in [3.05, 3.63) is 11.1 Å². The summed E-state index contributed by atoms with van der Waals surface area (Å²) < 4.78 is 6.27. The molecule has 5 atom stereocenters. The second-order valence-electron chi connectivity index (χ2n) is 7.18. The fraction of sp³-hybridized carbons (Fsp3) is 0.500. The van der Waals surface area contributed by atoms with Gasteiger partial charge in [-0.3, -0.25) is 4.57 Å². The summed E-state index contributed by atoms with van der Waals surface area (Å²) in [5, 5.41) is 66.6. The maximum Gasteiger partial charge on any atom is 0.181 e. The maximum atomic E-state index is 11.5. The van der Waals surface area contributed by atoms with Gasteiger partial charge >= 0.3 is 0 Å². The van der Waals surface area contributed by atoms with Gasteiger partial charge in [0.15, 0.2) is 27.9 Å². The van der Waals surface area contributed by atoms with Crippen LogP contribution in [0.1, 0.15) is 25.5 Å². The molecule has 16 heteroatoms. The lowest BCUT2D eigenvalue weighted by atomic mass is 9.73. The van der Waals surface area contributed by atoms with Gasteiger partial charge in [-0.15, -0.1) is 0 Å². The molecule has 3 rings (SSSR count). The smallest absolute Gasteiger partial charge is 0.181 e. The molecule has 1 unspecified atom stereocenters. The summed E-state index contributed by atoms with van der Waals surface area (Å²) >= 11 is 3.05. The predicted molar refractivity (Wildman–Crippen MR) is 96.1 cm³/mol. The molecule has 1 aliphatic rings. The number of imidazole rings is 1. The van der Waals surface area contributed by atoms with Gasteiger partial charge in [0.2, 0.25) is 0 Å². The molecule has 3 heterocycles. The highest BCUT2D eigenvalue weighted by molar-refractivity contribution is 9.10. The highest BCUT2D eigenvalue weighted by Gasteiger charge is 2.68. The van der Waals surface area contributed by atoms with Gasteiger partial charge in [-0.25, -0.2) is 15.0 Å². The van der Waals surface area contributed by atoms with E-state index >= 15 is 0 Å². The molecular formula is C16H15BrN5O10-3. The number of hydrogen-bond donors (Lipinski definition) is 4. The van der Waals surface area contributed by atoms with Gasteiger partial charge in [0, 0.05) is 37.2 Å². The summed E-state index contributed by atoms with van der Waals surface area (Å²) in [5.41, 5.74) is -0.506. The topological polar surface area (TPSA) is 260 Å². The summed E-state index contributed by atoms with van der Waals surface area (Å²) in [7, 11) is 0. The van der Waals surface area contributed by atoms with E-state index in [2.05, 4.69) is 30.9 Å². The standard InChI is InChI=1S/C16H18BrN5O10/c17-14-21-9-11(18)19-4-20-12(9)22(14)13-16(31,3-8(28)29)15(30,2-7(26)27)10(32-13)5(23)1-6(24)25/h4-5,10,13,23,30-31H,1-3H2,(H,24,25)(H,26,27)(H,28,29)(H2,18,19,20)/p-3/t5?,10-,13-,15-,16+/m1/s1. The highest BCUT2D eigenvalue weighted by Crippen LogP contribution is 2.52.